The van der Waals surface area contributed by atoms with Crippen molar-refractivity contribution in [2.45, 2.75) is 58.0 Å². The molecule has 1 aliphatic heterocycles. The second-order valence-corrected chi connectivity index (χ2v) is 6.84. The SMILES string of the molecule is CC(C)Oc1cncc(C2CCC3(CCCNC3)C2)c1. The van der Waals surface area contributed by atoms with Crippen LogP contribution in [0.3, 0.4) is 0 Å². The Kier molecular flexibility index (Phi) is 3.97. The molecule has 0 aromatic carbocycles. The standard InChI is InChI=1S/C17H26N2O/c1-13(2)20-16-8-15(10-19-11-16)14-4-6-17(9-14)5-3-7-18-12-17/h8,10-11,13-14,18H,3-7,9,12H2,1-2H3. The molecule has 3 heteroatoms. The molecule has 0 radical (unpaired) electrons. The lowest BCUT2D eigenvalue weighted by molar-refractivity contribution is 0.214. The van der Waals surface area contributed by atoms with Crippen molar-refractivity contribution in [3.05, 3.63) is 24.0 Å². The molecule has 1 spiro atoms. The zero-order chi connectivity index (χ0) is 14.0. The number of rotatable bonds is 3. The van der Waals surface area contributed by atoms with Gasteiger partial charge in [0, 0.05) is 12.7 Å². The maximum absolute atomic E-state index is 5.78. The van der Waals surface area contributed by atoms with Crippen molar-refractivity contribution >= 4 is 0 Å². The van der Waals surface area contributed by atoms with Gasteiger partial charge in [-0.2, -0.15) is 0 Å². The molecule has 2 heterocycles. The summed E-state index contributed by atoms with van der Waals surface area (Å²) in [5.41, 5.74) is 1.92. The van der Waals surface area contributed by atoms with E-state index in [9.17, 15) is 0 Å². The van der Waals surface area contributed by atoms with Gasteiger partial charge in [0.25, 0.3) is 0 Å². The van der Waals surface area contributed by atoms with Gasteiger partial charge in [0.2, 0.25) is 0 Å². The highest BCUT2D eigenvalue weighted by Gasteiger charge is 2.40. The molecular formula is C17H26N2O. The summed E-state index contributed by atoms with van der Waals surface area (Å²) in [7, 11) is 0. The quantitative estimate of drug-likeness (QED) is 0.916. The molecule has 20 heavy (non-hydrogen) atoms. The molecule has 2 fully saturated rings. The highest BCUT2D eigenvalue weighted by Crippen LogP contribution is 2.50. The van der Waals surface area contributed by atoms with Crippen LogP contribution in [-0.4, -0.2) is 24.2 Å². The van der Waals surface area contributed by atoms with Gasteiger partial charge in [0.05, 0.1) is 12.3 Å². The van der Waals surface area contributed by atoms with Gasteiger partial charge in [-0.05, 0) is 75.5 Å². The minimum Gasteiger partial charge on any atom is -0.489 e. The Morgan fingerprint density at radius 2 is 2.25 bits per heavy atom. The molecule has 3 rings (SSSR count). The van der Waals surface area contributed by atoms with Crippen LogP contribution >= 0.6 is 0 Å². The lowest BCUT2D eigenvalue weighted by Crippen LogP contribution is -2.38. The first-order chi connectivity index (χ1) is 9.67. The zero-order valence-electron chi connectivity index (χ0n) is 12.7. The Balaban J connectivity index is 1.70. The predicted octanol–water partition coefficient (Wildman–Crippen LogP) is 3.51. The third-order valence-electron chi connectivity index (χ3n) is 4.84. The van der Waals surface area contributed by atoms with Gasteiger partial charge in [-0.25, -0.2) is 0 Å². The molecule has 0 amide bonds. The minimum absolute atomic E-state index is 0.213. The Bertz CT molecular complexity index is 452. The average molecular weight is 274 g/mol. The summed E-state index contributed by atoms with van der Waals surface area (Å²) in [6.07, 6.45) is 10.8. The van der Waals surface area contributed by atoms with Gasteiger partial charge in [0.15, 0.2) is 0 Å². The number of aromatic nitrogens is 1. The van der Waals surface area contributed by atoms with Gasteiger partial charge < -0.3 is 10.1 Å². The van der Waals surface area contributed by atoms with Crippen molar-refractivity contribution in [2.24, 2.45) is 5.41 Å². The van der Waals surface area contributed by atoms with Crippen LogP contribution in [0.4, 0.5) is 0 Å². The average Bonchev–Trinajstić information content (AvgIpc) is 2.83. The molecule has 1 aliphatic carbocycles. The molecule has 3 nitrogen and oxygen atoms in total. The van der Waals surface area contributed by atoms with Crippen LogP contribution in [0.15, 0.2) is 18.5 Å². The maximum atomic E-state index is 5.78. The van der Waals surface area contributed by atoms with Gasteiger partial charge in [-0.1, -0.05) is 0 Å². The van der Waals surface area contributed by atoms with Crippen LogP contribution in [-0.2, 0) is 0 Å². The molecule has 1 N–H and O–H groups in total. The fraction of sp³-hybridized carbons (Fsp3) is 0.706. The maximum Gasteiger partial charge on any atom is 0.138 e. The van der Waals surface area contributed by atoms with Crippen molar-refractivity contribution in [3.63, 3.8) is 0 Å². The molecule has 2 unspecified atom stereocenters. The van der Waals surface area contributed by atoms with Crippen LogP contribution < -0.4 is 10.1 Å². The van der Waals surface area contributed by atoms with Crippen LogP contribution in [0.25, 0.3) is 0 Å². The first kappa shape index (κ1) is 13.9. The van der Waals surface area contributed by atoms with E-state index >= 15 is 0 Å². The summed E-state index contributed by atoms with van der Waals surface area (Å²) >= 11 is 0. The van der Waals surface area contributed by atoms with Gasteiger partial charge >= 0.3 is 0 Å². The zero-order valence-corrected chi connectivity index (χ0v) is 12.7. The number of ether oxygens (including phenoxy) is 1. The third kappa shape index (κ3) is 2.98. The number of nitrogens with one attached hydrogen (secondary N) is 1. The molecular weight excluding hydrogens is 248 g/mol. The van der Waals surface area contributed by atoms with Crippen LogP contribution in [0, 0.1) is 5.41 Å². The predicted molar refractivity (Wildman–Crippen MR) is 81.1 cm³/mol. The number of pyridine rings is 1. The van der Waals surface area contributed by atoms with Crippen molar-refractivity contribution in [1.29, 1.82) is 0 Å². The van der Waals surface area contributed by atoms with E-state index in [1.54, 1.807) is 0 Å². The Morgan fingerprint density at radius 3 is 3.00 bits per heavy atom. The Morgan fingerprint density at radius 1 is 1.35 bits per heavy atom. The number of nitrogens with zero attached hydrogens (tertiary/aromatic N) is 1. The summed E-state index contributed by atoms with van der Waals surface area (Å²) in [6.45, 7) is 6.53. The molecule has 110 valence electrons. The van der Waals surface area contributed by atoms with E-state index in [1.165, 1.54) is 50.8 Å². The smallest absolute Gasteiger partial charge is 0.138 e. The van der Waals surface area contributed by atoms with E-state index in [0.29, 0.717) is 11.3 Å². The Labute approximate surface area is 122 Å². The van der Waals surface area contributed by atoms with E-state index < -0.39 is 0 Å². The van der Waals surface area contributed by atoms with Crippen molar-refractivity contribution in [1.82, 2.24) is 10.3 Å². The first-order valence-electron chi connectivity index (χ1n) is 7.99. The lowest BCUT2D eigenvalue weighted by Gasteiger charge is -2.34. The fourth-order valence-electron chi connectivity index (χ4n) is 3.91. The fourth-order valence-corrected chi connectivity index (χ4v) is 3.91. The molecule has 1 saturated carbocycles. The normalized spacial score (nSPS) is 30.1. The molecule has 1 saturated heterocycles. The van der Waals surface area contributed by atoms with Gasteiger partial charge in [0.1, 0.15) is 5.75 Å². The summed E-state index contributed by atoms with van der Waals surface area (Å²) in [4.78, 5) is 4.38. The third-order valence-corrected chi connectivity index (χ3v) is 4.84. The highest BCUT2D eigenvalue weighted by atomic mass is 16.5. The lowest BCUT2D eigenvalue weighted by atomic mass is 9.78. The number of hydrogen-bond donors (Lipinski definition) is 1. The first-order valence-corrected chi connectivity index (χ1v) is 7.99. The highest BCUT2D eigenvalue weighted by molar-refractivity contribution is 5.27. The number of piperidine rings is 1. The van der Waals surface area contributed by atoms with E-state index in [4.69, 9.17) is 4.74 Å². The van der Waals surface area contributed by atoms with E-state index in [-0.39, 0.29) is 6.10 Å². The van der Waals surface area contributed by atoms with Crippen LogP contribution in [0.5, 0.6) is 5.75 Å². The largest absolute Gasteiger partial charge is 0.489 e. The number of hydrogen-bond acceptors (Lipinski definition) is 3. The van der Waals surface area contributed by atoms with Crippen molar-refractivity contribution < 1.29 is 4.74 Å². The Hall–Kier alpha value is -1.09. The second kappa shape index (κ2) is 5.72. The van der Waals surface area contributed by atoms with E-state index in [0.717, 1.165) is 5.75 Å². The van der Waals surface area contributed by atoms with Crippen LogP contribution in [0.1, 0.15) is 57.4 Å². The molecule has 2 atom stereocenters. The minimum atomic E-state index is 0.213. The van der Waals surface area contributed by atoms with E-state index in [1.807, 2.05) is 12.4 Å². The second-order valence-electron chi connectivity index (χ2n) is 6.84. The van der Waals surface area contributed by atoms with Crippen molar-refractivity contribution in [3.8, 4) is 5.75 Å². The monoisotopic (exact) mass is 274 g/mol. The molecule has 1 aromatic heterocycles. The molecule has 2 aliphatic rings. The summed E-state index contributed by atoms with van der Waals surface area (Å²) in [5.74, 6) is 1.58. The van der Waals surface area contributed by atoms with Crippen molar-refractivity contribution in [2.75, 3.05) is 13.1 Å². The summed E-state index contributed by atoms with van der Waals surface area (Å²) in [6, 6.07) is 2.20. The van der Waals surface area contributed by atoms with Gasteiger partial charge in [-0.15, -0.1) is 0 Å². The van der Waals surface area contributed by atoms with Gasteiger partial charge in [-0.3, -0.25) is 4.98 Å². The molecule has 0 bridgehead atoms. The summed E-state index contributed by atoms with van der Waals surface area (Å²) in [5, 5.41) is 3.59. The molecule has 1 aromatic rings. The van der Waals surface area contributed by atoms with Crippen LogP contribution in [0.2, 0.25) is 0 Å². The topological polar surface area (TPSA) is 34.1 Å². The summed E-state index contributed by atoms with van der Waals surface area (Å²) < 4.78 is 5.78. The van der Waals surface area contributed by atoms with E-state index in [2.05, 4.69) is 30.2 Å².